The van der Waals surface area contributed by atoms with E-state index in [-0.39, 0.29) is 56.0 Å². The molecule has 1 fully saturated rings. The first-order chi connectivity index (χ1) is 15.3. The molecule has 3 rings (SSSR count). The summed E-state index contributed by atoms with van der Waals surface area (Å²) in [6.45, 7) is 3.83. The molecule has 1 saturated heterocycles. The maximum absolute atomic E-state index is 13.4. The van der Waals surface area contributed by atoms with Gasteiger partial charge < -0.3 is 10.2 Å². The lowest BCUT2D eigenvalue weighted by Crippen LogP contribution is -2.53. The van der Waals surface area contributed by atoms with Gasteiger partial charge in [-0.2, -0.15) is 4.31 Å². The minimum Gasteiger partial charge on any atom is -0.350 e. The van der Waals surface area contributed by atoms with Gasteiger partial charge in [0.1, 0.15) is 5.82 Å². The molecular formula is C21H27FN4O4S2. The molecule has 1 aliphatic heterocycles. The molecule has 8 nitrogen and oxygen atoms in total. The molecule has 1 aliphatic rings. The first kappa shape index (κ1) is 24.3. The molecule has 174 valence electrons. The molecular weight excluding hydrogens is 455 g/mol. The van der Waals surface area contributed by atoms with Gasteiger partial charge in [0.2, 0.25) is 21.8 Å². The highest BCUT2D eigenvalue weighted by Gasteiger charge is 2.30. The summed E-state index contributed by atoms with van der Waals surface area (Å²) in [6, 6.07) is 8.77. The van der Waals surface area contributed by atoms with Crippen LogP contribution in [-0.2, 0) is 26.2 Å². The number of halogens is 1. The minimum atomic E-state index is -3.81. The fourth-order valence-electron chi connectivity index (χ4n) is 3.38. The summed E-state index contributed by atoms with van der Waals surface area (Å²) in [5, 5.41) is 4.80. The number of likely N-dealkylation sites (N-methyl/N-ethyl adjacent to an activating group) is 1. The maximum Gasteiger partial charge on any atom is 0.243 e. The number of nitrogens with zero attached hydrogens (tertiary/aromatic N) is 3. The number of piperazine rings is 1. The highest BCUT2D eigenvalue weighted by molar-refractivity contribution is 7.89. The Bertz CT molecular complexity index is 1020. The summed E-state index contributed by atoms with van der Waals surface area (Å²) in [5.74, 6) is -0.918. The van der Waals surface area contributed by atoms with Gasteiger partial charge in [0.25, 0.3) is 0 Å². The smallest absolute Gasteiger partial charge is 0.243 e. The van der Waals surface area contributed by atoms with Crippen molar-refractivity contribution in [3.05, 3.63) is 52.5 Å². The Kier molecular flexibility index (Phi) is 8.35. The Labute approximate surface area is 191 Å². The summed E-state index contributed by atoms with van der Waals surface area (Å²) in [6.07, 6.45) is 0. The Hall–Kier alpha value is -2.34. The lowest BCUT2D eigenvalue weighted by Gasteiger charge is -2.35. The van der Waals surface area contributed by atoms with Crippen molar-refractivity contribution in [1.29, 1.82) is 0 Å². The molecule has 0 unspecified atom stereocenters. The second-order valence-corrected chi connectivity index (χ2v) is 10.4. The molecule has 0 atom stereocenters. The molecule has 0 bridgehead atoms. The molecule has 0 spiro atoms. The normalized spacial score (nSPS) is 15.2. The fraction of sp³-hybridized carbons (Fsp3) is 0.429. The van der Waals surface area contributed by atoms with Gasteiger partial charge in [-0.1, -0.05) is 19.1 Å². The van der Waals surface area contributed by atoms with Crippen molar-refractivity contribution in [3.63, 3.8) is 0 Å². The zero-order valence-electron chi connectivity index (χ0n) is 17.9. The van der Waals surface area contributed by atoms with Crippen molar-refractivity contribution in [2.45, 2.75) is 18.4 Å². The topological polar surface area (TPSA) is 90.0 Å². The third-order valence-corrected chi connectivity index (χ3v) is 8.01. The molecule has 0 radical (unpaired) electrons. The van der Waals surface area contributed by atoms with Gasteiger partial charge in [0, 0.05) is 31.1 Å². The molecule has 1 aromatic carbocycles. The number of thiophene rings is 1. The molecule has 2 amide bonds. The monoisotopic (exact) mass is 482 g/mol. The average Bonchev–Trinajstić information content (AvgIpc) is 3.31. The zero-order chi connectivity index (χ0) is 23.1. The Balaban J connectivity index is 1.48. The molecule has 0 aliphatic carbocycles. The van der Waals surface area contributed by atoms with Crippen LogP contribution < -0.4 is 5.32 Å². The van der Waals surface area contributed by atoms with Crippen LogP contribution in [0.2, 0.25) is 0 Å². The second kappa shape index (κ2) is 11.0. The number of benzene rings is 1. The number of carbonyl (C=O) groups excluding carboxylic acids is 2. The first-order valence-corrected chi connectivity index (χ1v) is 12.7. The summed E-state index contributed by atoms with van der Waals surface area (Å²) in [5.41, 5.74) is 0. The van der Waals surface area contributed by atoms with Gasteiger partial charge in [-0.3, -0.25) is 14.5 Å². The van der Waals surface area contributed by atoms with E-state index in [9.17, 15) is 22.4 Å². The summed E-state index contributed by atoms with van der Waals surface area (Å²) >= 11 is 1.57. The maximum atomic E-state index is 13.4. The lowest BCUT2D eigenvalue weighted by molar-refractivity contribution is -0.134. The number of amides is 2. The third-order valence-electron chi connectivity index (χ3n) is 5.24. The lowest BCUT2D eigenvalue weighted by atomic mass is 10.3. The number of carbonyl (C=O) groups is 2. The average molecular weight is 483 g/mol. The Morgan fingerprint density at radius 3 is 2.50 bits per heavy atom. The van der Waals surface area contributed by atoms with E-state index < -0.39 is 15.8 Å². The predicted octanol–water partition coefficient (Wildman–Crippen LogP) is 1.36. The molecule has 2 heterocycles. The summed E-state index contributed by atoms with van der Waals surface area (Å²) in [4.78, 5) is 29.2. The molecule has 1 aromatic heterocycles. The van der Waals surface area contributed by atoms with Gasteiger partial charge in [-0.05, 0) is 36.2 Å². The van der Waals surface area contributed by atoms with Gasteiger partial charge in [0.15, 0.2) is 0 Å². The van der Waals surface area contributed by atoms with Crippen molar-refractivity contribution < 1.29 is 22.4 Å². The molecule has 0 saturated carbocycles. The highest BCUT2D eigenvalue weighted by Crippen LogP contribution is 2.18. The van der Waals surface area contributed by atoms with E-state index in [1.807, 2.05) is 24.4 Å². The molecule has 32 heavy (non-hydrogen) atoms. The number of nitrogens with one attached hydrogen (secondary N) is 1. The summed E-state index contributed by atoms with van der Waals surface area (Å²) in [7, 11) is -3.81. The van der Waals surface area contributed by atoms with Crippen LogP contribution in [-0.4, -0.2) is 80.2 Å². The number of sulfonamides is 1. The van der Waals surface area contributed by atoms with Crippen molar-refractivity contribution in [3.8, 4) is 0 Å². The third kappa shape index (κ3) is 6.35. The van der Waals surface area contributed by atoms with Crippen LogP contribution in [0, 0.1) is 5.82 Å². The molecule has 1 N–H and O–H groups in total. The van der Waals surface area contributed by atoms with Crippen LogP contribution in [0.25, 0.3) is 0 Å². The first-order valence-electron chi connectivity index (χ1n) is 10.3. The van der Waals surface area contributed by atoms with Gasteiger partial charge in [-0.25, -0.2) is 12.8 Å². The quantitative estimate of drug-likeness (QED) is 0.583. The largest absolute Gasteiger partial charge is 0.350 e. The van der Waals surface area contributed by atoms with Crippen LogP contribution in [0.5, 0.6) is 0 Å². The zero-order valence-corrected chi connectivity index (χ0v) is 19.5. The summed E-state index contributed by atoms with van der Waals surface area (Å²) < 4.78 is 40.1. The highest BCUT2D eigenvalue weighted by atomic mass is 32.2. The minimum absolute atomic E-state index is 0.0829. The van der Waals surface area contributed by atoms with Gasteiger partial charge >= 0.3 is 0 Å². The van der Waals surface area contributed by atoms with Crippen molar-refractivity contribution in [2.24, 2.45) is 0 Å². The van der Waals surface area contributed by atoms with Crippen LogP contribution in [0.1, 0.15) is 11.8 Å². The van der Waals surface area contributed by atoms with Crippen LogP contribution in [0.15, 0.2) is 46.7 Å². The molecule has 11 heteroatoms. The van der Waals surface area contributed by atoms with E-state index in [4.69, 9.17) is 0 Å². The van der Waals surface area contributed by atoms with E-state index in [1.165, 1.54) is 22.5 Å². The Morgan fingerprint density at radius 2 is 1.88 bits per heavy atom. The predicted molar refractivity (Wildman–Crippen MR) is 120 cm³/mol. The molecule has 2 aromatic rings. The van der Waals surface area contributed by atoms with Crippen LogP contribution in [0.3, 0.4) is 0 Å². The number of hydrogen-bond acceptors (Lipinski definition) is 6. The van der Waals surface area contributed by atoms with E-state index >= 15 is 0 Å². The second-order valence-electron chi connectivity index (χ2n) is 7.40. The van der Waals surface area contributed by atoms with E-state index in [0.29, 0.717) is 13.1 Å². The van der Waals surface area contributed by atoms with Crippen LogP contribution in [0.4, 0.5) is 4.39 Å². The number of rotatable bonds is 9. The van der Waals surface area contributed by atoms with E-state index in [0.717, 1.165) is 10.9 Å². The number of hydrogen-bond donors (Lipinski definition) is 1. The van der Waals surface area contributed by atoms with E-state index in [2.05, 4.69) is 5.32 Å². The fourth-order valence-corrected chi connectivity index (χ4v) is 5.48. The van der Waals surface area contributed by atoms with Crippen LogP contribution >= 0.6 is 11.3 Å². The van der Waals surface area contributed by atoms with Crippen molar-refractivity contribution in [1.82, 2.24) is 19.4 Å². The Morgan fingerprint density at radius 1 is 1.12 bits per heavy atom. The van der Waals surface area contributed by atoms with Crippen molar-refractivity contribution >= 4 is 33.2 Å². The van der Waals surface area contributed by atoms with Crippen molar-refractivity contribution in [2.75, 3.05) is 45.8 Å². The van der Waals surface area contributed by atoms with Gasteiger partial charge in [0.05, 0.1) is 24.5 Å². The van der Waals surface area contributed by atoms with Gasteiger partial charge in [-0.15, -0.1) is 11.3 Å². The SMILES string of the molecule is CCN(CC(=O)NCc1cccs1)CC(=O)N1CCN(S(=O)(=O)c2cccc(F)c2)CC1. The standard InChI is InChI=1S/C21H27FN4O4S2/c1-2-24(15-20(27)23-14-18-6-4-12-31-18)16-21(28)25-8-10-26(11-9-25)32(29,30)19-7-3-5-17(22)13-19/h3-7,12-13H,2,8-11,14-16H2,1H3,(H,23,27). The van der Waals surface area contributed by atoms with E-state index in [1.54, 1.807) is 21.1 Å².